The van der Waals surface area contributed by atoms with Gasteiger partial charge in [0.2, 0.25) is 0 Å². The van der Waals surface area contributed by atoms with Gasteiger partial charge in [0, 0.05) is 12.5 Å². The molecular formula is C12H18N2. The number of nitrogens with zero attached hydrogens (tertiary/aromatic N) is 1. The molecule has 0 saturated heterocycles. The Labute approximate surface area is 85.9 Å². The summed E-state index contributed by atoms with van der Waals surface area (Å²) in [6.45, 7) is 4.07. The SMILES string of the molecule is CC(C)N=C(N)CCc1ccccc1. The molecule has 14 heavy (non-hydrogen) atoms. The molecule has 76 valence electrons. The molecule has 0 amide bonds. The lowest BCUT2D eigenvalue weighted by molar-refractivity contribution is 0.823. The van der Waals surface area contributed by atoms with E-state index in [9.17, 15) is 0 Å². The second kappa shape index (κ2) is 5.43. The molecule has 2 nitrogen and oxygen atoms in total. The van der Waals surface area contributed by atoms with Gasteiger partial charge in [-0.15, -0.1) is 0 Å². The summed E-state index contributed by atoms with van der Waals surface area (Å²) < 4.78 is 0. The number of hydrogen-bond donors (Lipinski definition) is 1. The molecule has 1 rings (SSSR count). The van der Waals surface area contributed by atoms with Crippen LogP contribution in [-0.4, -0.2) is 11.9 Å². The fourth-order valence-electron chi connectivity index (χ4n) is 1.31. The van der Waals surface area contributed by atoms with Crippen molar-refractivity contribution in [1.82, 2.24) is 0 Å². The first kappa shape index (κ1) is 10.8. The molecule has 1 aromatic rings. The summed E-state index contributed by atoms with van der Waals surface area (Å²) >= 11 is 0. The minimum atomic E-state index is 0.297. The standard InChI is InChI=1S/C12H18N2/c1-10(2)14-12(13)9-8-11-6-4-3-5-7-11/h3-7,10H,8-9H2,1-2H3,(H2,13,14). The summed E-state index contributed by atoms with van der Waals surface area (Å²) in [6.07, 6.45) is 1.82. The highest BCUT2D eigenvalue weighted by Gasteiger charge is 1.96. The van der Waals surface area contributed by atoms with E-state index in [1.54, 1.807) is 0 Å². The molecular weight excluding hydrogens is 172 g/mol. The van der Waals surface area contributed by atoms with Crippen molar-refractivity contribution in [3.63, 3.8) is 0 Å². The molecule has 1 aromatic carbocycles. The summed E-state index contributed by atoms with van der Waals surface area (Å²) in [5, 5.41) is 0. The van der Waals surface area contributed by atoms with Crippen LogP contribution in [0.2, 0.25) is 0 Å². The molecule has 0 bridgehead atoms. The average molecular weight is 190 g/mol. The van der Waals surface area contributed by atoms with Crippen LogP contribution in [0.5, 0.6) is 0 Å². The molecule has 2 heteroatoms. The van der Waals surface area contributed by atoms with Gasteiger partial charge in [-0.2, -0.15) is 0 Å². The lowest BCUT2D eigenvalue weighted by Crippen LogP contribution is -2.15. The Balaban J connectivity index is 2.42. The average Bonchev–Trinajstić information content (AvgIpc) is 2.15. The van der Waals surface area contributed by atoms with Crippen LogP contribution in [0.3, 0.4) is 0 Å². The Morgan fingerprint density at radius 1 is 1.29 bits per heavy atom. The van der Waals surface area contributed by atoms with Gasteiger partial charge in [0.15, 0.2) is 0 Å². The first-order chi connectivity index (χ1) is 6.68. The minimum Gasteiger partial charge on any atom is -0.387 e. The van der Waals surface area contributed by atoms with E-state index in [2.05, 4.69) is 17.1 Å². The van der Waals surface area contributed by atoms with Gasteiger partial charge in [0.05, 0.1) is 5.84 Å². The normalized spacial score (nSPS) is 12.1. The molecule has 0 aliphatic rings. The summed E-state index contributed by atoms with van der Waals surface area (Å²) in [7, 11) is 0. The Bertz CT molecular complexity index is 288. The fraction of sp³-hybridized carbons (Fsp3) is 0.417. The zero-order valence-electron chi connectivity index (χ0n) is 8.90. The third-order valence-electron chi connectivity index (χ3n) is 1.94. The minimum absolute atomic E-state index is 0.297. The van der Waals surface area contributed by atoms with Crippen LogP contribution in [-0.2, 0) is 6.42 Å². The maximum atomic E-state index is 5.77. The van der Waals surface area contributed by atoms with Crippen LogP contribution in [0, 0.1) is 0 Å². The molecule has 0 atom stereocenters. The van der Waals surface area contributed by atoms with Crippen molar-refractivity contribution in [2.24, 2.45) is 10.7 Å². The number of rotatable bonds is 4. The first-order valence-electron chi connectivity index (χ1n) is 5.04. The van der Waals surface area contributed by atoms with E-state index in [1.807, 2.05) is 32.0 Å². The summed E-state index contributed by atoms with van der Waals surface area (Å²) in [5.41, 5.74) is 7.09. The lowest BCUT2D eigenvalue weighted by atomic mass is 10.1. The van der Waals surface area contributed by atoms with Gasteiger partial charge in [0.25, 0.3) is 0 Å². The topological polar surface area (TPSA) is 38.4 Å². The zero-order valence-corrected chi connectivity index (χ0v) is 8.90. The van der Waals surface area contributed by atoms with Crippen LogP contribution in [0.4, 0.5) is 0 Å². The van der Waals surface area contributed by atoms with E-state index in [4.69, 9.17) is 5.73 Å². The van der Waals surface area contributed by atoms with Crippen molar-refractivity contribution >= 4 is 5.84 Å². The van der Waals surface area contributed by atoms with Crippen molar-refractivity contribution in [3.8, 4) is 0 Å². The van der Waals surface area contributed by atoms with Gasteiger partial charge in [-0.05, 0) is 25.8 Å². The number of aryl methyl sites for hydroxylation is 1. The van der Waals surface area contributed by atoms with E-state index in [1.165, 1.54) is 5.56 Å². The molecule has 0 aliphatic heterocycles. The van der Waals surface area contributed by atoms with E-state index >= 15 is 0 Å². The van der Waals surface area contributed by atoms with Gasteiger partial charge in [-0.25, -0.2) is 0 Å². The van der Waals surface area contributed by atoms with Crippen molar-refractivity contribution in [3.05, 3.63) is 35.9 Å². The number of nitrogens with two attached hydrogens (primary N) is 1. The molecule has 0 spiro atoms. The van der Waals surface area contributed by atoms with Crippen molar-refractivity contribution in [2.75, 3.05) is 0 Å². The van der Waals surface area contributed by atoms with E-state index in [0.29, 0.717) is 6.04 Å². The third-order valence-corrected chi connectivity index (χ3v) is 1.94. The molecule has 0 unspecified atom stereocenters. The monoisotopic (exact) mass is 190 g/mol. The molecule has 0 fully saturated rings. The zero-order chi connectivity index (χ0) is 10.4. The van der Waals surface area contributed by atoms with Gasteiger partial charge in [0.1, 0.15) is 0 Å². The largest absolute Gasteiger partial charge is 0.387 e. The number of amidine groups is 1. The highest BCUT2D eigenvalue weighted by atomic mass is 14.9. The van der Waals surface area contributed by atoms with E-state index < -0.39 is 0 Å². The number of benzene rings is 1. The van der Waals surface area contributed by atoms with Gasteiger partial charge >= 0.3 is 0 Å². The molecule has 0 saturated carbocycles. The quantitative estimate of drug-likeness (QED) is 0.574. The van der Waals surface area contributed by atoms with E-state index in [0.717, 1.165) is 18.7 Å². The van der Waals surface area contributed by atoms with Crippen molar-refractivity contribution in [1.29, 1.82) is 0 Å². The Hall–Kier alpha value is -1.31. The van der Waals surface area contributed by atoms with Crippen LogP contribution in [0.1, 0.15) is 25.8 Å². The van der Waals surface area contributed by atoms with Crippen LogP contribution in [0.15, 0.2) is 35.3 Å². The van der Waals surface area contributed by atoms with Crippen LogP contribution < -0.4 is 5.73 Å². The maximum Gasteiger partial charge on any atom is 0.0943 e. The smallest absolute Gasteiger partial charge is 0.0943 e. The Kier molecular flexibility index (Phi) is 4.17. The lowest BCUT2D eigenvalue weighted by Gasteiger charge is -2.03. The van der Waals surface area contributed by atoms with Gasteiger partial charge < -0.3 is 5.73 Å². The highest BCUT2D eigenvalue weighted by Crippen LogP contribution is 2.02. The predicted octanol–water partition coefficient (Wildman–Crippen LogP) is 2.38. The maximum absolute atomic E-state index is 5.77. The molecule has 2 N–H and O–H groups in total. The van der Waals surface area contributed by atoms with Crippen LogP contribution >= 0.6 is 0 Å². The fourth-order valence-corrected chi connectivity index (χ4v) is 1.31. The number of aliphatic imine (C=N–C) groups is 1. The predicted molar refractivity (Wildman–Crippen MR) is 61.5 cm³/mol. The van der Waals surface area contributed by atoms with Gasteiger partial charge in [-0.1, -0.05) is 30.3 Å². The van der Waals surface area contributed by atoms with Crippen molar-refractivity contribution < 1.29 is 0 Å². The Morgan fingerprint density at radius 2 is 1.93 bits per heavy atom. The Morgan fingerprint density at radius 3 is 2.50 bits per heavy atom. The molecule has 0 radical (unpaired) electrons. The summed E-state index contributed by atoms with van der Waals surface area (Å²) in [5.74, 6) is 0.754. The highest BCUT2D eigenvalue weighted by molar-refractivity contribution is 5.80. The van der Waals surface area contributed by atoms with E-state index in [-0.39, 0.29) is 0 Å². The molecule has 0 aliphatic carbocycles. The molecule has 0 heterocycles. The second-order valence-electron chi connectivity index (χ2n) is 3.70. The first-order valence-corrected chi connectivity index (χ1v) is 5.04. The van der Waals surface area contributed by atoms with Crippen LogP contribution in [0.25, 0.3) is 0 Å². The second-order valence-corrected chi connectivity index (χ2v) is 3.70. The van der Waals surface area contributed by atoms with Gasteiger partial charge in [-0.3, -0.25) is 4.99 Å². The van der Waals surface area contributed by atoms with Crippen molar-refractivity contribution in [2.45, 2.75) is 32.7 Å². The molecule has 0 aromatic heterocycles. The summed E-state index contributed by atoms with van der Waals surface area (Å²) in [4.78, 5) is 4.29. The number of hydrogen-bond acceptors (Lipinski definition) is 1. The summed E-state index contributed by atoms with van der Waals surface area (Å²) in [6, 6.07) is 10.6. The third kappa shape index (κ3) is 4.08.